The summed E-state index contributed by atoms with van der Waals surface area (Å²) in [4.78, 5) is 10.8. The number of hydrogen-bond acceptors (Lipinski definition) is 2. The normalized spacial score (nSPS) is 9.21. The van der Waals surface area contributed by atoms with Crippen LogP contribution in [-0.2, 0) is 11.3 Å². The number of carbonyl (C=O) groups excluding carboxylic acids is 1. The SMILES string of the molecule is C=COC(=O)NCc1ccc(F)cc1. The smallest absolute Gasteiger partial charge is 0.412 e. The van der Waals surface area contributed by atoms with E-state index in [4.69, 9.17) is 0 Å². The standard InChI is InChI=1S/C10H10FNO2/c1-2-14-10(13)12-7-8-3-5-9(11)6-4-8/h2-6H,1,7H2,(H,12,13). The molecule has 0 saturated heterocycles. The van der Waals surface area contributed by atoms with E-state index in [1.807, 2.05) is 0 Å². The predicted molar refractivity (Wildman–Crippen MR) is 49.9 cm³/mol. The molecule has 0 bridgehead atoms. The highest BCUT2D eigenvalue weighted by Gasteiger charge is 1.99. The minimum absolute atomic E-state index is 0.299. The first-order valence-electron chi connectivity index (χ1n) is 4.02. The van der Waals surface area contributed by atoms with Crippen LogP contribution < -0.4 is 5.32 Å². The number of ether oxygens (including phenoxy) is 1. The molecular weight excluding hydrogens is 185 g/mol. The molecule has 14 heavy (non-hydrogen) atoms. The molecule has 4 heteroatoms. The summed E-state index contributed by atoms with van der Waals surface area (Å²) in [6, 6.07) is 5.83. The minimum Gasteiger partial charge on any atom is -0.419 e. The van der Waals surface area contributed by atoms with Gasteiger partial charge in [-0.25, -0.2) is 9.18 Å². The Labute approximate surface area is 81.2 Å². The van der Waals surface area contributed by atoms with Crippen molar-refractivity contribution in [3.8, 4) is 0 Å². The minimum atomic E-state index is -0.579. The van der Waals surface area contributed by atoms with Crippen LogP contribution in [-0.4, -0.2) is 6.09 Å². The van der Waals surface area contributed by atoms with Gasteiger partial charge in [0.2, 0.25) is 0 Å². The van der Waals surface area contributed by atoms with Crippen molar-refractivity contribution in [1.82, 2.24) is 5.32 Å². The number of halogens is 1. The fourth-order valence-electron chi connectivity index (χ4n) is 0.894. The molecule has 0 fully saturated rings. The summed E-state index contributed by atoms with van der Waals surface area (Å²) >= 11 is 0. The van der Waals surface area contributed by atoms with E-state index in [9.17, 15) is 9.18 Å². The van der Waals surface area contributed by atoms with Gasteiger partial charge in [0.25, 0.3) is 0 Å². The van der Waals surface area contributed by atoms with E-state index >= 15 is 0 Å². The van der Waals surface area contributed by atoms with Gasteiger partial charge in [-0.3, -0.25) is 0 Å². The van der Waals surface area contributed by atoms with Gasteiger partial charge in [-0.15, -0.1) is 0 Å². The van der Waals surface area contributed by atoms with Gasteiger partial charge in [0.05, 0.1) is 6.26 Å². The average molecular weight is 195 g/mol. The van der Waals surface area contributed by atoms with Crippen molar-refractivity contribution in [2.45, 2.75) is 6.54 Å². The molecule has 0 aromatic heterocycles. The zero-order valence-electron chi connectivity index (χ0n) is 7.50. The molecule has 1 aromatic rings. The molecule has 1 aromatic carbocycles. The molecule has 74 valence electrons. The van der Waals surface area contributed by atoms with Crippen LogP contribution in [0.2, 0.25) is 0 Å². The highest BCUT2D eigenvalue weighted by atomic mass is 19.1. The van der Waals surface area contributed by atoms with Crippen molar-refractivity contribution < 1.29 is 13.9 Å². The third-order valence-electron chi connectivity index (χ3n) is 1.54. The van der Waals surface area contributed by atoms with Crippen LogP contribution in [0.5, 0.6) is 0 Å². The van der Waals surface area contributed by atoms with Crippen molar-refractivity contribution in [3.05, 3.63) is 48.5 Å². The number of carbonyl (C=O) groups is 1. The first kappa shape index (κ1) is 10.2. The third kappa shape index (κ3) is 3.26. The molecule has 3 nitrogen and oxygen atoms in total. The van der Waals surface area contributed by atoms with E-state index in [1.165, 1.54) is 12.1 Å². The molecule has 1 N–H and O–H groups in total. The van der Waals surface area contributed by atoms with Gasteiger partial charge in [0, 0.05) is 6.54 Å². The molecule has 0 aliphatic heterocycles. The highest BCUT2D eigenvalue weighted by molar-refractivity contribution is 5.67. The van der Waals surface area contributed by atoms with Gasteiger partial charge in [0.15, 0.2) is 0 Å². The second-order valence-electron chi connectivity index (χ2n) is 2.55. The number of rotatable bonds is 3. The number of amides is 1. The van der Waals surface area contributed by atoms with Gasteiger partial charge in [-0.05, 0) is 17.7 Å². The van der Waals surface area contributed by atoms with Crippen molar-refractivity contribution in [1.29, 1.82) is 0 Å². The molecule has 1 amide bonds. The highest BCUT2D eigenvalue weighted by Crippen LogP contribution is 2.01. The summed E-state index contributed by atoms with van der Waals surface area (Å²) in [6.07, 6.45) is 0.462. The molecule has 0 spiro atoms. The van der Waals surface area contributed by atoms with Crippen LogP contribution in [0.25, 0.3) is 0 Å². The van der Waals surface area contributed by atoms with E-state index in [2.05, 4.69) is 16.6 Å². The van der Waals surface area contributed by atoms with Crippen molar-refractivity contribution in [2.24, 2.45) is 0 Å². The summed E-state index contributed by atoms with van der Waals surface area (Å²) in [7, 11) is 0. The van der Waals surface area contributed by atoms with Crippen LogP contribution in [0.15, 0.2) is 37.1 Å². The maximum atomic E-state index is 12.5. The van der Waals surface area contributed by atoms with Gasteiger partial charge in [-0.2, -0.15) is 0 Å². The Hall–Kier alpha value is -1.84. The Morgan fingerprint density at radius 1 is 1.50 bits per heavy atom. The first-order valence-corrected chi connectivity index (χ1v) is 4.02. The number of nitrogens with one attached hydrogen (secondary N) is 1. The largest absolute Gasteiger partial charge is 0.419 e. The molecule has 0 aliphatic rings. The summed E-state index contributed by atoms with van der Waals surface area (Å²) in [5, 5.41) is 2.46. The second-order valence-corrected chi connectivity index (χ2v) is 2.55. The lowest BCUT2D eigenvalue weighted by atomic mass is 10.2. The third-order valence-corrected chi connectivity index (χ3v) is 1.54. The van der Waals surface area contributed by atoms with Crippen molar-refractivity contribution in [3.63, 3.8) is 0 Å². The van der Waals surface area contributed by atoms with E-state index in [0.717, 1.165) is 11.8 Å². The monoisotopic (exact) mass is 195 g/mol. The molecule has 0 unspecified atom stereocenters. The van der Waals surface area contributed by atoms with Crippen molar-refractivity contribution >= 4 is 6.09 Å². The van der Waals surface area contributed by atoms with Gasteiger partial charge in [-0.1, -0.05) is 18.7 Å². The lowest BCUT2D eigenvalue weighted by Gasteiger charge is -2.03. The summed E-state index contributed by atoms with van der Waals surface area (Å²) in [6.45, 7) is 3.53. The van der Waals surface area contributed by atoms with E-state index in [1.54, 1.807) is 12.1 Å². The first-order chi connectivity index (χ1) is 6.72. The van der Waals surface area contributed by atoms with Crippen LogP contribution in [0, 0.1) is 5.82 Å². The second kappa shape index (κ2) is 5.01. The molecule has 0 heterocycles. The van der Waals surface area contributed by atoms with Crippen LogP contribution in [0.4, 0.5) is 9.18 Å². The molecular formula is C10H10FNO2. The van der Waals surface area contributed by atoms with Gasteiger partial charge in [0.1, 0.15) is 5.82 Å². The van der Waals surface area contributed by atoms with E-state index in [0.29, 0.717) is 6.54 Å². The lowest BCUT2D eigenvalue weighted by Crippen LogP contribution is -2.21. The van der Waals surface area contributed by atoms with E-state index < -0.39 is 6.09 Å². The molecule has 0 aliphatic carbocycles. The van der Waals surface area contributed by atoms with Crippen molar-refractivity contribution in [2.75, 3.05) is 0 Å². The fraction of sp³-hybridized carbons (Fsp3) is 0.100. The van der Waals surface area contributed by atoms with Gasteiger partial charge < -0.3 is 10.1 Å². The molecule has 0 radical (unpaired) electrons. The average Bonchev–Trinajstić information content (AvgIpc) is 2.17. The Balaban J connectivity index is 2.41. The van der Waals surface area contributed by atoms with Crippen LogP contribution in [0.3, 0.4) is 0 Å². The Morgan fingerprint density at radius 3 is 2.71 bits per heavy atom. The summed E-state index contributed by atoms with van der Waals surface area (Å²) < 4.78 is 16.9. The van der Waals surface area contributed by atoms with Crippen LogP contribution in [0.1, 0.15) is 5.56 Å². The Morgan fingerprint density at radius 2 is 2.14 bits per heavy atom. The van der Waals surface area contributed by atoms with E-state index in [-0.39, 0.29) is 5.82 Å². The Bertz CT molecular complexity index is 321. The molecule has 0 atom stereocenters. The quantitative estimate of drug-likeness (QED) is 0.751. The fourth-order valence-corrected chi connectivity index (χ4v) is 0.894. The number of benzene rings is 1. The summed E-state index contributed by atoms with van der Waals surface area (Å²) in [5.41, 5.74) is 0.799. The zero-order chi connectivity index (χ0) is 10.4. The topological polar surface area (TPSA) is 38.3 Å². The maximum absolute atomic E-state index is 12.5. The zero-order valence-corrected chi connectivity index (χ0v) is 7.50. The Kier molecular flexibility index (Phi) is 3.67. The predicted octanol–water partition coefficient (Wildman–Crippen LogP) is 2.20. The molecule has 0 saturated carbocycles. The number of alkyl carbamates (subject to hydrolysis) is 1. The lowest BCUT2D eigenvalue weighted by molar-refractivity contribution is 0.185. The van der Waals surface area contributed by atoms with Crippen LogP contribution >= 0.6 is 0 Å². The van der Waals surface area contributed by atoms with Gasteiger partial charge >= 0.3 is 6.09 Å². The number of hydrogen-bond donors (Lipinski definition) is 1. The molecule has 1 rings (SSSR count). The summed E-state index contributed by atoms with van der Waals surface area (Å²) in [5.74, 6) is -0.303. The maximum Gasteiger partial charge on any atom is 0.412 e.